The van der Waals surface area contributed by atoms with Crippen LogP contribution in [-0.4, -0.2) is 81.0 Å². The molecule has 0 unspecified atom stereocenters. The average Bonchev–Trinajstić information content (AvgIpc) is 3.31. The number of hydrogen-bond donors (Lipinski definition) is 2. The molecule has 10 heteroatoms. The minimum Gasteiger partial charge on any atom is -0.393 e. The summed E-state index contributed by atoms with van der Waals surface area (Å²) in [6.07, 6.45) is 3.50. The van der Waals surface area contributed by atoms with Crippen LogP contribution in [0.2, 0.25) is 0 Å². The smallest absolute Gasteiger partial charge is 0.389 e. The number of benzene rings is 1. The first kappa shape index (κ1) is 29.8. The molecule has 2 aromatic heterocycles. The van der Waals surface area contributed by atoms with E-state index in [0.29, 0.717) is 18.8 Å². The van der Waals surface area contributed by atoms with E-state index in [9.17, 15) is 18.3 Å². The maximum absolute atomic E-state index is 12.5. The van der Waals surface area contributed by atoms with Gasteiger partial charge in [0.05, 0.1) is 6.10 Å². The van der Waals surface area contributed by atoms with Gasteiger partial charge in [-0.15, -0.1) is 0 Å². The summed E-state index contributed by atoms with van der Waals surface area (Å²) in [4.78, 5) is 14.4. The van der Waals surface area contributed by atoms with Gasteiger partial charge in [-0.3, -0.25) is 4.90 Å². The summed E-state index contributed by atoms with van der Waals surface area (Å²) in [7, 11) is 2.17. The van der Waals surface area contributed by atoms with Crippen LogP contribution >= 0.6 is 0 Å². The molecular formula is C31H43F3N6O. The van der Waals surface area contributed by atoms with Crippen molar-refractivity contribution in [1.82, 2.24) is 24.3 Å². The first-order chi connectivity index (χ1) is 19.6. The van der Waals surface area contributed by atoms with E-state index in [-0.39, 0.29) is 24.6 Å². The Balaban J connectivity index is 1.34. The van der Waals surface area contributed by atoms with Gasteiger partial charge in [0, 0.05) is 74.6 Å². The van der Waals surface area contributed by atoms with Gasteiger partial charge in [-0.1, -0.05) is 30.7 Å². The summed E-state index contributed by atoms with van der Waals surface area (Å²) in [5.41, 5.74) is 4.36. The number of likely N-dealkylation sites (N-methyl/N-ethyl adjacent to an activating group) is 1. The number of anilines is 1. The Morgan fingerprint density at radius 2 is 1.73 bits per heavy atom. The quantitative estimate of drug-likeness (QED) is 0.280. The molecule has 0 amide bonds. The summed E-state index contributed by atoms with van der Waals surface area (Å²) in [5.74, 6) is 0.491. The molecule has 1 saturated carbocycles. The fourth-order valence-corrected chi connectivity index (χ4v) is 6.07. The van der Waals surface area contributed by atoms with Crippen LogP contribution in [0.25, 0.3) is 22.2 Å². The number of alkyl halides is 3. The molecule has 2 fully saturated rings. The Morgan fingerprint density at radius 3 is 2.41 bits per heavy atom. The highest BCUT2D eigenvalue weighted by Gasteiger charge is 2.26. The van der Waals surface area contributed by atoms with Crippen molar-refractivity contribution in [3.63, 3.8) is 0 Å². The number of rotatable bonds is 10. The minimum atomic E-state index is -4.10. The van der Waals surface area contributed by atoms with Crippen molar-refractivity contribution in [2.45, 2.75) is 89.2 Å². The van der Waals surface area contributed by atoms with Gasteiger partial charge in [-0.2, -0.15) is 18.2 Å². The number of hydrogen-bond acceptors (Lipinski definition) is 6. The van der Waals surface area contributed by atoms with Gasteiger partial charge in [0.25, 0.3) is 0 Å². The molecule has 3 heterocycles. The van der Waals surface area contributed by atoms with Crippen LogP contribution in [0.15, 0.2) is 36.7 Å². The molecule has 1 saturated heterocycles. The number of unbranched alkanes of at least 4 members (excludes halogenated alkanes) is 1. The van der Waals surface area contributed by atoms with Crippen LogP contribution in [0.4, 0.5) is 19.1 Å². The van der Waals surface area contributed by atoms with Crippen molar-refractivity contribution in [2.75, 3.05) is 38.5 Å². The molecular weight excluding hydrogens is 529 g/mol. The average molecular weight is 573 g/mol. The van der Waals surface area contributed by atoms with Gasteiger partial charge < -0.3 is 19.9 Å². The number of nitrogens with one attached hydrogen (secondary N) is 1. The van der Waals surface area contributed by atoms with Crippen molar-refractivity contribution in [3.05, 3.63) is 42.2 Å². The maximum Gasteiger partial charge on any atom is 0.389 e. The number of halogens is 3. The summed E-state index contributed by atoms with van der Waals surface area (Å²) in [6, 6.07) is 9.00. The third kappa shape index (κ3) is 7.99. The molecule has 1 aromatic carbocycles. The molecule has 5 rings (SSSR count). The Bertz CT molecular complexity index is 1260. The molecule has 1 aliphatic carbocycles. The third-order valence-corrected chi connectivity index (χ3v) is 8.62. The summed E-state index contributed by atoms with van der Waals surface area (Å²) >= 11 is 0. The van der Waals surface area contributed by atoms with Crippen molar-refractivity contribution < 1.29 is 18.3 Å². The molecule has 2 N–H and O–H groups in total. The largest absolute Gasteiger partial charge is 0.393 e. The van der Waals surface area contributed by atoms with Crippen LogP contribution in [0.1, 0.15) is 69.9 Å². The monoisotopic (exact) mass is 572 g/mol. The highest BCUT2D eigenvalue weighted by atomic mass is 19.4. The van der Waals surface area contributed by atoms with Gasteiger partial charge in [0.2, 0.25) is 5.95 Å². The van der Waals surface area contributed by atoms with Crippen LogP contribution in [0.3, 0.4) is 0 Å². The van der Waals surface area contributed by atoms with Crippen molar-refractivity contribution in [1.29, 1.82) is 0 Å². The van der Waals surface area contributed by atoms with E-state index in [1.54, 1.807) is 0 Å². The molecule has 0 radical (unpaired) electrons. The molecule has 0 bridgehead atoms. The number of piperazine rings is 1. The lowest BCUT2D eigenvalue weighted by Gasteiger charge is -2.32. The Hall–Kier alpha value is -2.69. The topological polar surface area (TPSA) is 69.5 Å². The van der Waals surface area contributed by atoms with Gasteiger partial charge in [0.1, 0.15) is 5.65 Å². The lowest BCUT2D eigenvalue weighted by atomic mass is 9.93. The lowest BCUT2D eigenvalue weighted by molar-refractivity contribution is -0.135. The molecule has 7 nitrogen and oxygen atoms in total. The second-order valence-electron chi connectivity index (χ2n) is 12.0. The van der Waals surface area contributed by atoms with Crippen molar-refractivity contribution >= 4 is 17.0 Å². The second kappa shape index (κ2) is 13.1. The number of nitrogens with zero attached hydrogens (tertiary/aromatic N) is 5. The van der Waals surface area contributed by atoms with Crippen molar-refractivity contribution in [2.24, 2.45) is 0 Å². The summed E-state index contributed by atoms with van der Waals surface area (Å²) in [5, 5.41) is 14.4. The first-order valence-electron chi connectivity index (χ1n) is 15.0. The zero-order valence-corrected chi connectivity index (χ0v) is 24.2. The fraction of sp³-hybridized carbons (Fsp3) is 0.613. The van der Waals surface area contributed by atoms with E-state index in [2.05, 4.69) is 62.2 Å². The van der Waals surface area contributed by atoms with E-state index >= 15 is 0 Å². The van der Waals surface area contributed by atoms with E-state index in [1.807, 2.05) is 13.1 Å². The van der Waals surface area contributed by atoms with Crippen LogP contribution < -0.4 is 5.32 Å². The van der Waals surface area contributed by atoms with Gasteiger partial charge >= 0.3 is 6.18 Å². The normalized spacial score (nSPS) is 21.8. The maximum atomic E-state index is 12.5. The van der Waals surface area contributed by atoms with Gasteiger partial charge in [-0.25, -0.2) is 4.98 Å². The highest BCUT2D eigenvalue weighted by molar-refractivity contribution is 5.94. The Labute approximate surface area is 240 Å². The van der Waals surface area contributed by atoms with Gasteiger partial charge in [-0.05, 0) is 63.6 Å². The number of aromatic nitrogens is 3. The minimum absolute atomic E-state index is 0.0405. The first-order valence-corrected chi connectivity index (χ1v) is 15.0. The summed E-state index contributed by atoms with van der Waals surface area (Å²) < 4.78 is 39.7. The van der Waals surface area contributed by atoms with Crippen LogP contribution in [-0.2, 0) is 6.54 Å². The predicted molar refractivity (Wildman–Crippen MR) is 157 cm³/mol. The number of aliphatic hydroxyl groups is 1. The molecule has 0 spiro atoms. The Kier molecular flexibility index (Phi) is 9.51. The fourth-order valence-electron chi connectivity index (χ4n) is 6.07. The Morgan fingerprint density at radius 1 is 1.02 bits per heavy atom. The van der Waals surface area contributed by atoms with E-state index < -0.39 is 12.6 Å². The van der Waals surface area contributed by atoms with E-state index in [4.69, 9.17) is 4.98 Å². The second-order valence-corrected chi connectivity index (χ2v) is 12.0. The van der Waals surface area contributed by atoms with Crippen molar-refractivity contribution in [3.8, 4) is 11.1 Å². The predicted octanol–water partition coefficient (Wildman–Crippen LogP) is 6.24. The highest BCUT2D eigenvalue weighted by Crippen LogP contribution is 2.37. The third-order valence-electron chi connectivity index (χ3n) is 8.62. The van der Waals surface area contributed by atoms with Crippen LogP contribution in [0, 0.1) is 0 Å². The molecule has 3 aromatic rings. The lowest BCUT2D eigenvalue weighted by Crippen LogP contribution is -2.43. The van der Waals surface area contributed by atoms with E-state index in [1.165, 1.54) is 5.56 Å². The van der Waals surface area contributed by atoms with Gasteiger partial charge in [0.15, 0.2) is 0 Å². The SMILES string of the molecule is C[C@@H](CCCCC(F)(F)F)Nc1ncc2c(-c3ccc(CN4CCN(C)CC4)cc3)cn(C3CCC(O)CC3)c2n1. The molecule has 2 aliphatic rings. The summed E-state index contributed by atoms with van der Waals surface area (Å²) in [6.45, 7) is 7.28. The zero-order chi connectivity index (χ0) is 29.0. The molecule has 41 heavy (non-hydrogen) atoms. The zero-order valence-electron chi connectivity index (χ0n) is 24.2. The van der Waals surface area contributed by atoms with E-state index in [0.717, 1.165) is 80.6 Å². The number of aliphatic hydroxyl groups excluding tert-OH is 1. The molecule has 1 atom stereocenters. The molecule has 224 valence electrons. The molecule has 1 aliphatic heterocycles. The number of fused-ring (bicyclic) bond motifs is 1. The van der Waals surface area contributed by atoms with Crippen LogP contribution in [0.5, 0.6) is 0 Å². The standard InChI is InChI=1S/C31H43F3N6O/c1-22(5-3-4-14-31(32,33)34)36-30-35-19-27-28(21-40(29(27)37-30)25-10-12-26(41)13-11-25)24-8-6-23(7-9-24)20-39-17-15-38(2)16-18-39/h6-9,19,21-22,25-26,41H,3-5,10-18,20H2,1-2H3,(H,35,36,37)/t22-,25?,26?/m0/s1.